The summed E-state index contributed by atoms with van der Waals surface area (Å²) in [7, 11) is 0. The SMILES string of the molecule is C=Cc1cccc(N2c3ccc(C4=CC5C6C=CC=CC6N(c6cccc(CC)c6)C5C=C4)cc3C3C=CC=CC32)c1. The van der Waals surface area contributed by atoms with Crippen molar-refractivity contribution >= 4 is 28.7 Å². The molecule has 2 aliphatic heterocycles. The minimum Gasteiger partial charge on any atom is -0.357 e. The van der Waals surface area contributed by atoms with E-state index in [1.807, 2.05) is 6.08 Å². The summed E-state index contributed by atoms with van der Waals surface area (Å²) < 4.78 is 0. The maximum absolute atomic E-state index is 4.00. The highest BCUT2D eigenvalue weighted by Crippen LogP contribution is 2.50. The number of benzene rings is 3. The van der Waals surface area contributed by atoms with E-state index in [1.54, 1.807) is 0 Å². The standard InChI is InChI=1S/C40H36N2/c1-3-27-11-9-13-31(23-27)41-37-17-7-5-15-33(37)35-25-29(19-21-39(35)41)30-20-22-40-36(26-30)34-16-6-8-18-38(34)42(40)32-14-10-12-28(4-2)24-32/h3,5-26,33-34,36-38,40H,1,4H2,2H3. The molecule has 6 unspecified atom stereocenters. The van der Waals surface area contributed by atoms with Gasteiger partial charge in [0, 0.05) is 34.8 Å². The van der Waals surface area contributed by atoms with Crippen molar-refractivity contribution < 1.29 is 0 Å². The van der Waals surface area contributed by atoms with E-state index >= 15 is 0 Å². The third-order valence-electron chi connectivity index (χ3n) is 9.86. The van der Waals surface area contributed by atoms with E-state index in [-0.39, 0.29) is 6.04 Å². The molecule has 5 aliphatic rings. The highest BCUT2D eigenvalue weighted by molar-refractivity contribution is 5.82. The van der Waals surface area contributed by atoms with Crippen LogP contribution in [0.2, 0.25) is 0 Å². The molecule has 0 N–H and O–H groups in total. The Balaban J connectivity index is 1.17. The number of rotatable bonds is 5. The van der Waals surface area contributed by atoms with Crippen molar-refractivity contribution in [1.82, 2.24) is 0 Å². The van der Waals surface area contributed by atoms with Crippen LogP contribution in [0.5, 0.6) is 0 Å². The van der Waals surface area contributed by atoms with E-state index < -0.39 is 0 Å². The normalized spacial score (nSPS) is 27.9. The molecule has 0 amide bonds. The van der Waals surface area contributed by atoms with Crippen LogP contribution in [0.1, 0.15) is 35.1 Å². The highest BCUT2D eigenvalue weighted by atomic mass is 15.2. The van der Waals surface area contributed by atoms with Crippen LogP contribution in [0.4, 0.5) is 17.1 Å². The molecule has 206 valence electrons. The molecule has 1 fully saturated rings. The van der Waals surface area contributed by atoms with E-state index in [4.69, 9.17) is 0 Å². The summed E-state index contributed by atoms with van der Waals surface area (Å²) in [5, 5.41) is 0. The lowest BCUT2D eigenvalue weighted by Gasteiger charge is -2.32. The third-order valence-corrected chi connectivity index (χ3v) is 9.86. The quantitative estimate of drug-likeness (QED) is 0.316. The largest absolute Gasteiger partial charge is 0.357 e. The summed E-state index contributed by atoms with van der Waals surface area (Å²) in [5.41, 5.74) is 10.4. The second-order valence-electron chi connectivity index (χ2n) is 12.0. The number of nitrogens with zero attached hydrogens (tertiary/aromatic N) is 2. The molecule has 0 saturated carbocycles. The fourth-order valence-electron chi connectivity index (χ4n) is 7.85. The molecule has 3 aromatic rings. The zero-order chi connectivity index (χ0) is 28.2. The number of hydrogen-bond donors (Lipinski definition) is 0. The Labute approximate surface area is 249 Å². The molecule has 0 bridgehead atoms. The smallest absolute Gasteiger partial charge is 0.0629 e. The monoisotopic (exact) mass is 544 g/mol. The molecule has 0 radical (unpaired) electrons. The zero-order valence-corrected chi connectivity index (χ0v) is 24.1. The van der Waals surface area contributed by atoms with E-state index in [9.17, 15) is 0 Å². The minimum absolute atomic E-state index is 0.280. The van der Waals surface area contributed by atoms with Crippen molar-refractivity contribution in [3.8, 4) is 0 Å². The molecule has 6 atom stereocenters. The lowest BCUT2D eigenvalue weighted by molar-refractivity contribution is 0.528. The Morgan fingerprint density at radius 1 is 0.738 bits per heavy atom. The van der Waals surface area contributed by atoms with Gasteiger partial charge in [0.05, 0.1) is 18.1 Å². The van der Waals surface area contributed by atoms with Gasteiger partial charge in [-0.15, -0.1) is 0 Å². The predicted molar refractivity (Wildman–Crippen MR) is 178 cm³/mol. The van der Waals surface area contributed by atoms with Gasteiger partial charge in [0.1, 0.15) is 0 Å². The van der Waals surface area contributed by atoms with Gasteiger partial charge in [0.25, 0.3) is 0 Å². The van der Waals surface area contributed by atoms with Crippen molar-refractivity contribution in [2.75, 3.05) is 9.80 Å². The van der Waals surface area contributed by atoms with Gasteiger partial charge in [-0.3, -0.25) is 0 Å². The van der Waals surface area contributed by atoms with Gasteiger partial charge in [-0.05, 0) is 70.6 Å². The Morgan fingerprint density at radius 2 is 1.52 bits per heavy atom. The average Bonchev–Trinajstić information content (AvgIpc) is 3.57. The number of anilines is 3. The minimum atomic E-state index is 0.280. The number of allylic oxidation sites excluding steroid dienone is 6. The van der Waals surface area contributed by atoms with Crippen molar-refractivity contribution in [2.24, 2.45) is 11.8 Å². The molecule has 3 aliphatic carbocycles. The first-order valence-electron chi connectivity index (χ1n) is 15.4. The van der Waals surface area contributed by atoms with Crippen LogP contribution in [0, 0.1) is 11.8 Å². The summed E-state index contributed by atoms with van der Waals surface area (Å²) in [5.74, 6) is 1.23. The van der Waals surface area contributed by atoms with E-state index in [2.05, 4.69) is 157 Å². The Bertz CT molecular complexity index is 1750. The number of aryl methyl sites for hydroxylation is 1. The fraction of sp³-hybridized carbons (Fsp3) is 0.200. The first kappa shape index (κ1) is 25.2. The van der Waals surface area contributed by atoms with Crippen LogP contribution >= 0.6 is 0 Å². The summed E-state index contributed by atoms with van der Waals surface area (Å²) in [6.07, 6.45) is 28.8. The average molecular weight is 545 g/mol. The molecular weight excluding hydrogens is 508 g/mol. The van der Waals surface area contributed by atoms with Gasteiger partial charge in [0.2, 0.25) is 0 Å². The van der Waals surface area contributed by atoms with Gasteiger partial charge < -0.3 is 9.80 Å². The van der Waals surface area contributed by atoms with Crippen molar-refractivity contribution in [3.63, 3.8) is 0 Å². The number of fused-ring (bicyclic) bond motifs is 6. The lowest BCUT2D eigenvalue weighted by atomic mass is 9.80. The zero-order valence-electron chi connectivity index (χ0n) is 24.1. The fourth-order valence-corrected chi connectivity index (χ4v) is 7.85. The second kappa shape index (κ2) is 10.1. The first-order valence-corrected chi connectivity index (χ1v) is 15.4. The van der Waals surface area contributed by atoms with Gasteiger partial charge in [0.15, 0.2) is 0 Å². The predicted octanol–water partition coefficient (Wildman–Crippen LogP) is 9.19. The van der Waals surface area contributed by atoms with Crippen molar-refractivity contribution in [1.29, 1.82) is 0 Å². The van der Waals surface area contributed by atoms with Crippen LogP contribution in [0.25, 0.3) is 11.6 Å². The number of hydrogen-bond acceptors (Lipinski definition) is 2. The van der Waals surface area contributed by atoms with Gasteiger partial charge >= 0.3 is 0 Å². The molecule has 42 heavy (non-hydrogen) atoms. The van der Waals surface area contributed by atoms with Crippen molar-refractivity contribution in [3.05, 3.63) is 162 Å². The molecule has 0 spiro atoms. The molecule has 2 nitrogen and oxygen atoms in total. The van der Waals surface area contributed by atoms with E-state index in [0.717, 1.165) is 12.0 Å². The van der Waals surface area contributed by atoms with Gasteiger partial charge in [-0.1, -0.05) is 117 Å². The molecule has 1 saturated heterocycles. The van der Waals surface area contributed by atoms with Crippen LogP contribution in [-0.2, 0) is 6.42 Å². The summed E-state index contributed by atoms with van der Waals surface area (Å²) >= 11 is 0. The summed E-state index contributed by atoms with van der Waals surface area (Å²) in [6.45, 7) is 6.24. The van der Waals surface area contributed by atoms with Crippen LogP contribution in [0.3, 0.4) is 0 Å². The Kier molecular flexibility index (Phi) is 6.03. The third kappa shape index (κ3) is 3.93. The maximum Gasteiger partial charge on any atom is 0.0629 e. The molecule has 2 heteroatoms. The highest BCUT2D eigenvalue weighted by Gasteiger charge is 2.46. The van der Waals surface area contributed by atoms with Crippen LogP contribution < -0.4 is 9.80 Å². The maximum atomic E-state index is 4.00. The Morgan fingerprint density at radius 3 is 2.40 bits per heavy atom. The van der Waals surface area contributed by atoms with Gasteiger partial charge in [-0.2, -0.15) is 0 Å². The second-order valence-corrected chi connectivity index (χ2v) is 12.0. The molecule has 2 heterocycles. The van der Waals surface area contributed by atoms with E-state index in [1.165, 1.54) is 39.3 Å². The van der Waals surface area contributed by atoms with Crippen LogP contribution in [0.15, 0.2) is 140 Å². The molecular formula is C40H36N2. The topological polar surface area (TPSA) is 6.48 Å². The summed E-state index contributed by atoms with van der Waals surface area (Å²) in [4.78, 5) is 5.15. The summed E-state index contributed by atoms with van der Waals surface area (Å²) in [6, 6.07) is 26.0. The lowest BCUT2D eigenvalue weighted by Crippen LogP contribution is -2.36. The van der Waals surface area contributed by atoms with Gasteiger partial charge in [-0.25, -0.2) is 0 Å². The molecule has 8 rings (SSSR count). The Hall–Kier alpha value is -4.56. The molecule has 0 aromatic heterocycles. The van der Waals surface area contributed by atoms with Crippen molar-refractivity contribution in [2.45, 2.75) is 37.4 Å². The van der Waals surface area contributed by atoms with Crippen LogP contribution in [-0.4, -0.2) is 18.1 Å². The molecule has 3 aromatic carbocycles. The van der Waals surface area contributed by atoms with E-state index in [0.29, 0.717) is 29.8 Å². The first-order chi connectivity index (χ1) is 20.7.